The minimum Gasteiger partial charge on any atom is -0.379 e. The Morgan fingerprint density at radius 2 is 1.96 bits per heavy atom. The van der Waals surface area contributed by atoms with Crippen molar-refractivity contribution in [3.63, 3.8) is 0 Å². The number of H-pyrrole nitrogens is 1. The number of aromatic amines is 1. The third-order valence-corrected chi connectivity index (χ3v) is 4.15. The van der Waals surface area contributed by atoms with Gasteiger partial charge in [-0.1, -0.05) is 30.3 Å². The minimum atomic E-state index is 0.749. The van der Waals surface area contributed by atoms with Gasteiger partial charge in [0.25, 0.3) is 0 Å². The molecule has 118 valence electrons. The molecule has 2 aromatic carbocycles. The van der Waals surface area contributed by atoms with Crippen LogP contribution in [-0.2, 0) is 6.54 Å². The number of hydrogen-bond donors (Lipinski definition) is 2. The van der Waals surface area contributed by atoms with Crippen LogP contribution in [0.3, 0.4) is 0 Å². The Bertz CT molecular complexity index is 940. The van der Waals surface area contributed by atoms with E-state index in [1.807, 2.05) is 6.07 Å². The van der Waals surface area contributed by atoms with Gasteiger partial charge in [0.1, 0.15) is 0 Å². The van der Waals surface area contributed by atoms with Crippen LogP contribution in [0.4, 0.5) is 5.69 Å². The number of benzene rings is 2. The monoisotopic (exact) mass is 314 g/mol. The Morgan fingerprint density at radius 1 is 1.04 bits per heavy atom. The molecule has 0 fully saturated rings. The molecular weight excluding hydrogens is 296 g/mol. The quantitative estimate of drug-likeness (QED) is 0.581. The number of para-hydroxylation sites is 1. The summed E-state index contributed by atoms with van der Waals surface area (Å²) in [5.74, 6) is 0. The first kappa shape index (κ1) is 14.5. The van der Waals surface area contributed by atoms with Crippen LogP contribution in [0.1, 0.15) is 11.3 Å². The van der Waals surface area contributed by atoms with Crippen LogP contribution in [-0.4, -0.2) is 15.0 Å². The number of fused-ring (bicyclic) bond motifs is 1. The van der Waals surface area contributed by atoms with Gasteiger partial charge in [0.05, 0.1) is 18.4 Å². The summed E-state index contributed by atoms with van der Waals surface area (Å²) in [6.07, 6.45) is 5.19. The number of aryl methyl sites for hydroxylation is 1. The lowest BCUT2D eigenvalue weighted by Crippen LogP contribution is -2.01. The molecule has 0 spiro atoms. The summed E-state index contributed by atoms with van der Waals surface area (Å²) in [6, 6.07) is 16.8. The number of nitrogens with one attached hydrogen (secondary N) is 2. The van der Waals surface area contributed by atoms with E-state index in [-0.39, 0.29) is 0 Å². The first-order valence-electron chi connectivity index (χ1n) is 7.97. The highest BCUT2D eigenvalue weighted by Crippen LogP contribution is 2.24. The Hall–Kier alpha value is -3.14. The molecule has 2 N–H and O–H groups in total. The molecule has 0 radical (unpaired) electrons. The van der Waals surface area contributed by atoms with E-state index in [1.165, 1.54) is 22.2 Å². The zero-order valence-electron chi connectivity index (χ0n) is 13.5. The average Bonchev–Trinajstić information content (AvgIpc) is 3.05. The maximum Gasteiger partial charge on any atom is 0.0885 e. The van der Waals surface area contributed by atoms with E-state index >= 15 is 0 Å². The molecule has 2 aromatic heterocycles. The lowest BCUT2D eigenvalue weighted by molar-refractivity contribution is 1.08. The van der Waals surface area contributed by atoms with Crippen molar-refractivity contribution < 1.29 is 0 Å². The first-order chi connectivity index (χ1) is 11.8. The van der Waals surface area contributed by atoms with Crippen molar-refractivity contribution >= 4 is 16.6 Å². The van der Waals surface area contributed by atoms with Crippen LogP contribution >= 0.6 is 0 Å². The zero-order chi connectivity index (χ0) is 16.4. The predicted octanol–water partition coefficient (Wildman–Crippen LogP) is 4.55. The Kier molecular flexibility index (Phi) is 3.71. The summed E-state index contributed by atoms with van der Waals surface area (Å²) in [5, 5.41) is 4.76. The SMILES string of the molecule is Cc1ccc(-c2cnccn2)cc1NCc1cc2ccccc2[nH]1. The smallest absolute Gasteiger partial charge is 0.0885 e. The molecule has 24 heavy (non-hydrogen) atoms. The van der Waals surface area contributed by atoms with Crippen LogP contribution in [0.25, 0.3) is 22.2 Å². The summed E-state index contributed by atoms with van der Waals surface area (Å²) in [7, 11) is 0. The zero-order valence-corrected chi connectivity index (χ0v) is 13.5. The predicted molar refractivity (Wildman–Crippen MR) is 97.8 cm³/mol. The van der Waals surface area contributed by atoms with E-state index in [0.29, 0.717) is 0 Å². The molecule has 0 saturated carbocycles. The van der Waals surface area contributed by atoms with E-state index < -0.39 is 0 Å². The lowest BCUT2D eigenvalue weighted by atomic mass is 10.1. The number of anilines is 1. The fourth-order valence-corrected chi connectivity index (χ4v) is 2.84. The molecule has 0 aliphatic carbocycles. The molecule has 4 nitrogen and oxygen atoms in total. The molecular formula is C20H18N4. The summed E-state index contributed by atoms with van der Waals surface area (Å²) in [5.41, 5.74) is 6.59. The third kappa shape index (κ3) is 2.86. The van der Waals surface area contributed by atoms with Crippen LogP contribution < -0.4 is 5.32 Å². The maximum absolute atomic E-state index is 4.37. The number of aromatic nitrogens is 3. The maximum atomic E-state index is 4.37. The van der Waals surface area contributed by atoms with Crippen LogP contribution in [0.15, 0.2) is 67.1 Å². The number of rotatable bonds is 4. The highest BCUT2D eigenvalue weighted by atomic mass is 14.9. The van der Waals surface area contributed by atoms with Gasteiger partial charge in [-0.2, -0.15) is 0 Å². The molecule has 4 heteroatoms. The summed E-state index contributed by atoms with van der Waals surface area (Å²) >= 11 is 0. The number of nitrogens with zero attached hydrogens (tertiary/aromatic N) is 2. The van der Waals surface area contributed by atoms with E-state index in [2.05, 4.69) is 69.7 Å². The molecule has 0 aliphatic rings. The molecule has 0 bridgehead atoms. The van der Waals surface area contributed by atoms with Gasteiger partial charge < -0.3 is 10.3 Å². The normalized spacial score (nSPS) is 10.9. The van der Waals surface area contributed by atoms with Crippen molar-refractivity contribution in [2.75, 3.05) is 5.32 Å². The van der Waals surface area contributed by atoms with Gasteiger partial charge in [-0.3, -0.25) is 9.97 Å². The molecule has 0 amide bonds. The van der Waals surface area contributed by atoms with Gasteiger partial charge in [-0.25, -0.2) is 0 Å². The van der Waals surface area contributed by atoms with Gasteiger partial charge in [-0.15, -0.1) is 0 Å². The fraction of sp³-hybridized carbons (Fsp3) is 0.100. The number of hydrogen-bond acceptors (Lipinski definition) is 3. The fourth-order valence-electron chi connectivity index (χ4n) is 2.84. The minimum absolute atomic E-state index is 0.749. The Morgan fingerprint density at radius 3 is 2.79 bits per heavy atom. The third-order valence-electron chi connectivity index (χ3n) is 4.15. The second kappa shape index (κ2) is 6.16. The standard InChI is InChI=1S/C20H18N4/c1-14-6-7-16(20-13-21-8-9-22-20)11-19(14)23-12-17-10-15-4-2-3-5-18(15)24-17/h2-11,13,23-24H,12H2,1H3. The molecule has 0 atom stereocenters. The summed E-state index contributed by atoms with van der Waals surface area (Å²) < 4.78 is 0. The van der Waals surface area contributed by atoms with Gasteiger partial charge in [0.15, 0.2) is 0 Å². The highest BCUT2D eigenvalue weighted by molar-refractivity contribution is 5.80. The molecule has 2 heterocycles. The molecule has 0 unspecified atom stereocenters. The van der Waals surface area contributed by atoms with E-state index in [9.17, 15) is 0 Å². The van der Waals surface area contributed by atoms with E-state index in [1.54, 1.807) is 18.6 Å². The Balaban J connectivity index is 1.57. The van der Waals surface area contributed by atoms with Gasteiger partial charge in [-0.05, 0) is 36.1 Å². The van der Waals surface area contributed by atoms with Crippen LogP contribution in [0.5, 0.6) is 0 Å². The molecule has 4 rings (SSSR count). The lowest BCUT2D eigenvalue weighted by Gasteiger charge is -2.11. The Labute approximate surface area is 140 Å². The van der Waals surface area contributed by atoms with Crippen LogP contribution in [0, 0.1) is 6.92 Å². The summed E-state index contributed by atoms with van der Waals surface area (Å²) in [4.78, 5) is 12.0. The van der Waals surface area contributed by atoms with Crippen molar-refractivity contribution in [3.8, 4) is 11.3 Å². The van der Waals surface area contributed by atoms with Gasteiger partial charge in [0.2, 0.25) is 0 Å². The van der Waals surface area contributed by atoms with Crippen molar-refractivity contribution in [3.05, 3.63) is 78.4 Å². The molecule has 0 saturated heterocycles. The van der Waals surface area contributed by atoms with Gasteiger partial charge >= 0.3 is 0 Å². The van der Waals surface area contributed by atoms with Crippen molar-refractivity contribution in [1.29, 1.82) is 0 Å². The van der Waals surface area contributed by atoms with Gasteiger partial charge in [0, 0.05) is 34.9 Å². The van der Waals surface area contributed by atoms with Crippen molar-refractivity contribution in [2.45, 2.75) is 13.5 Å². The van der Waals surface area contributed by atoms with Crippen molar-refractivity contribution in [2.24, 2.45) is 0 Å². The first-order valence-corrected chi connectivity index (χ1v) is 7.97. The highest BCUT2D eigenvalue weighted by Gasteiger charge is 2.05. The molecule has 4 aromatic rings. The summed E-state index contributed by atoms with van der Waals surface area (Å²) in [6.45, 7) is 2.85. The second-order valence-corrected chi connectivity index (χ2v) is 5.86. The van der Waals surface area contributed by atoms with Crippen LogP contribution in [0.2, 0.25) is 0 Å². The van der Waals surface area contributed by atoms with E-state index in [4.69, 9.17) is 0 Å². The molecule has 0 aliphatic heterocycles. The van der Waals surface area contributed by atoms with E-state index in [0.717, 1.165) is 23.5 Å². The second-order valence-electron chi connectivity index (χ2n) is 5.86. The topological polar surface area (TPSA) is 53.6 Å². The average molecular weight is 314 g/mol. The van der Waals surface area contributed by atoms with Crippen molar-refractivity contribution in [1.82, 2.24) is 15.0 Å². The largest absolute Gasteiger partial charge is 0.379 e.